The van der Waals surface area contributed by atoms with Gasteiger partial charge in [-0.05, 0) is 25.0 Å². The number of hydrogen-bond donors (Lipinski definition) is 1. The molecule has 0 aliphatic rings. The quantitative estimate of drug-likeness (QED) is 0.706. The van der Waals surface area contributed by atoms with Gasteiger partial charge in [0.15, 0.2) is 6.10 Å². The number of para-hydroxylation sites is 1. The van der Waals surface area contributed by atoms with Crippen LogP contribution in [0.5, 0.6) is 5.75 Å². The molecule has 134 valence electrons. The molecule has 1 N–H and O–H groups in total. The lowest BCUT2D eigenvalue weighted by Gasteiger charge is -2.16. The largest absolute Gasteiger partial charge is 0.481 e. The Hall–Kier alpha value is -3.15. The SMILES string of the molecule is CCc1ccccc1O[C@@H](C)C(=O)NCc1nc(-c2ccccc2)no1. The Morgan fingerprint density at radius 3 is 2.65 bits per heavy atom. The van der Waals surface area contributed by atoms with Gasteiger partial charge in [0, 0.05) is 5.56 Å². The number of amides is 1. The number of nitrogens with one attached hydrogen (secondary N) is 1. The molecule has 0 saturated heterocycles. The van der Waals surface area contributed by atoms with E-state index >= 15 is 0 Å². The minimum Gasteiger partial charge on any atom is -0.481 e. The lowest BCUT2D eigenvalue weighted by molar-refractivity contribution is -0.127. The summed E-state index contributed by atoms with van der Waals surface area (Å²) in [5.74, 6) is 1.33. The Kier molecular flexibility index (Phi) is 5.63. The third-order valence-electron chi connectivity index (χ3n) is 3.94. The van der Waals surface area contributed by atoms with E-state index in [0.717, 1.165) is 23.3 Å². The molecule has 1 aromatic heterocycles. The number of hydrogen-bond acceptors (Lipinski definition) is 5. The zero-order valence-electron chi connectivity index (χ0n) is 14.8. The topological polar surface area (TPSA) is 77.2 Å². The summed E-state index contributed by atoms with van der Waals surface area (Å²) >= 11 is 0. The summed E-state index contributed by atoms with van der Waals surface area (Å²) in [6, 6.07) is 17.2. The van der Waals surface area contributed by atoms with Gasteiger partial charge in [-0.15, -0.1) is 0 Å². The van der Waals surface area contributed by atoms with Crippen LogP contribution in [0.3, 0.4) is 0 Å². The second-order valence-electron chi connectivity index (χ2n) is 5.82. The van der Waals surface area contributed by atoms with Crippen molar-refractivity contribution in [3.05, 3.63) is 66.1 Å². The van der Waals surface area contributed by atoms with Crippen LogP contribution in [0.4, 0.5) is 0 Å². The maximum absolute atomic E-state index is 12.3. The normalized spacial score (nSPS) is 11.8. The summed E-state index contributed by atoms with van der Waals surface area (Å²) in [4.78, 5) is 16.6. The van der Waals surface area contributed by atoms with Crippen LogP contribution in [0.15, 0.2) is 59.1 Å². The average Bonchev–Trinajstić information content (AvgIpc) is 3.16. The van der Waals surface area contributed by atoms with Crippen molar-refractivity contribution in [1.29, 1.82) is 0 Å². The van der Waals surface area contributed by atoms with Gasteiger partial charge in [-0.1, -0.05) is 60.6 Å². The van der Waals surface area contributed by atoms with Crippen molar-refractivity contribution in [1.82, 2.24) is 15.5 Å². The van der Waals surface area contributed by atoms with E-state index in [-0.39, 0.29) is 12.5 Å². The molecule has 26 heavy (non-hydrogen) atoms. The van der Waals surface area contributed by atoms with Gasteiger partial charge < -0.3 is 14.6 Å². The molecule has 0 fully saturated rings. The molecule has 0 aliphatic carbocycles. The number of carbonyl (C=O) groups is 1. The fourth-order valence-corrected chi connectivity index (χ4v) is 2.49. The molecule has 0 saturated carbocycles. The highest BCUT2D eigenvalue weighted by Crippen LogP contribution is 2.20. The number of benzene rings is 2. The monoisotopic (exact) mass is 351 g/mol. The van der Waals surface area contributed by atoms with Crippen molar-refractivity contribution in [3.8, 4) is 17.1 Å². The fraction of sp³-hybridized carbons (Fsp3) is 0.250. The smallest absolute Gasteiger partial charge is 0.261 e. The van der Waals surface area contributed by atoms with E-state index in [1.165, 1.54) is 0 Å². The van der Waals surface area contributed by atoms with E-state index in [0.29, 0.717) is 11.7 Å². The number of aryl methyl sites for hydroxylation is 1. The Morgan fingerprint density at radius 1 is 1.15 bits per heavy atom. The van der Waals surface area contributed by atoms with Crippen LogP contribution in [0, 0.1) is 0 Å². The van der Waals surface area contributed by atoms with Crippen LogP contribution in [0.25, 0.3) is 11.4 Å². The second kappa shape index (κ2) is 8.29. The Labute approximate surface area is 152 Å². The number of nitrogens with zero attached hydrogens (tertiary/aromatic N) is 2. The van der Waals surface area contributed by atoms with E-state index in [9.17, 15) is 4.79 Å². The highest BCUT2D eigenvalue weighted by molar-refractivity contribution is 5.80. The van der Waals surface area contributed by atoms with Gasteiger partial charge in [0.2, 0.25) is 11.7 Å². The summed E-state index contributed by atoms with van der Waals surface area (Å²) < 4.78 is 11.0. The second-order valence-corrected chi connectivity index (χ2v) is 5.82. The van der Waals surface area contributed by atoms with Crippen molar-refractivity contribution in [2.45, 2.75) is 32.9 Å². The van der Waals surface area contributed by atoms with Gasteiger partial charge in [0.05, 0.1) is 6.54 Å². The van der Waals surface area contributed by atoms with Crippen molar-refractivity contribution in [2.24, 2.45) is 0 Å². The van der Waals surface area contributed by atoms with Crippen LogP contribution in [0.2, 0.25) is 0 Å². The summed E-state index contributed by atoms with van der Waals surface area (Å²) in [6.45, 7) is 3.92. The van der Waals surface area contributed by atoms with Crippen LogP contribution >= 0.6 is 0 Å². The molecular weight excluding hydrogens is 330 g/mol. The zero-order chi connectivity index (χ0) is 18.4. The lowest BCUT2D eigenvalue weighted by atomic mass is 10.1. The summed E-state index contributed by atoms with van der Waals surface area (Å²) in [6.07, 6.45) is 0.216. The maximum atomic E-state index is 12.3. The number of carbonyl (C=O) groups excluding carboxylic acids is 1. The highest BCUT2D eigenvalue weighted by atomic mass is 16.5. The standard InChI is InChI=1S/C20H21N3O3/c1-3-15-9-7-8-12-17(15)25-14(2)20(24)21-13-18-22-19(23-26-18)16-10-5-4-6-11-16/h4-12,14H,3,13H2,1-2H3,(H,21,24)/t14-/m0/s1. The number of rotatable bonds is 7. The van der Waals surface area contributed by atoms with Gasteiger partial charge in [0.25, 0.3) is 5.91 Å². The summed E-state index contributed by atoms with van der Waals surface area (Å²) in [5, 5.41) is 6.69. The molecular formula is C20H21N3O3. The molecule has 1 heterocycles. The predicted molar refractivity (Wildman–Crippen MR) is 97.5 cm³/mol. The van der Waals surface area contributed by atoms with Gasteiger partial charge >= 0.3 is 0 Å². The number of ether oxygens (including phenoxy) is 1. The Balaban J connectivity index is 1.56. The molecule has 1 amide bonds. The van der Waals surface area contributed by atoms with Crippen molar-refractivity contribution >= 4 is 5.91 Å². The predicted octanol–water partition coefficient (Wildman–Crippen LogP) is 3.38. The molecule has 6 nitrogen and oxygen atoms in total. The van der Waals surface area contributed by atoms with Crippen molar-refractivity contribution < 1.29 is 14.1 Å². The molecule has 0 spiro atoms. The molecule has 3 rings (SSSR count). The molecule has 3 aromatic rings. The molecule has 0 bridgehead atoms. The van der Waals surface area contributed by atoms with E-state index in [1.54, 1.807) is 6.92 Å². The van der Waals surface area contributed by atoms with Crippen LogP contribution < -0.4 is 10.1 Å². The van der Waals surface area contributed by atoms with Gasteiger partial charge in [0.1, 0.15) is 5.75 Å². The average molecular weight is 351 g/mol. The summed E-state index contributed by atoms with van der Waals surface area (Å²) in [5.41, 5.74) is 1.93. The Morgan fingerprint density at radius 2 is 1.88 bits per heavy atom. The molecule has 0 aliphatic heterocycles. The van der Waals surface area contributed by atoms with E-state index in [1.807, 2.05) is 61.5 Å². The van der Waals surface area contributed by atoms with Gasteiger partial charge in [-0.2, -0.15) is 4.98 Å². The number of aromatic nitrogens is 2. The van der Waals surface area contributed by atoms with Gasteiger partial charge in [-0.3, -0.25) is 4.79 Å². The molecule has 0 radical (unpaired) electrons. The van der Waals surface area contributed by atoms with Crippen molar-refractivity contribution in [3.63, 3.8) is 0 Å². The lowest BCUT2D eigenvalue weighted by Crippen LogP contribution is -2.36. The minimum absolute atomic E-state index is 0.155. The first kappa shape index (κ1) is 17.7. The Bertz CT molecular complexity index is 862. The molecule has 2 aromatic carbocycles. The first-order valence-electron chi connectivity index (χ1n) is 8.57. The fourth-order valence-electron chi connectivity index (χ4n) is 2.49. The van der Waals surface area contributed by atoms with Crippen molar-refractivity contribution in [2.75, 3.05) is 0 Å². The van der Waals surface area contributed by atoms with Crippen LogP contribution in [-0.4, -0.2) is 22.2 Å². The molecule has 0 unspecified atom stereocenters. The first-order chi connectivity index (χ1) is 12.7. The summed E-state index contributed by atoms with van der Waals surface area (Å²) in [7, 11) is 0. The third kappa shape index (κ3) is 4.27. The minimum atomic E-state index is -0.626. The molecule has 6 heteroatoms. The first-order valence-corrected chi connectivity index (χ1v) is 8.57. The van der Waals surface area contributed by atoms with Crippen LogP contribution in [0.1, 0.15) is 25.3 Å². The van der Waals surface area contributed by atoms with E-state index < -0.39 is 6.10 Å². The van der Waals surface area contributed by atoms with E-state index in [4.69, 9.17) is 9.26 Å². The third-order valence-corrected chi connectivity index (χ3v) is 3.94. The zero-order valence-corrected chi connectivity index (χ0v) is 14.8. The van der Waals surface area contributed by atoms with E-state index in [2.05, 4.69) is 15.5 Å². The van der Waals surface area contributed by atoms with Crippen LogP contribution in [-0.2, 0) is 17.8 Å². The maximum Gasteiger partial charge on any atom is 0.261 e. The molecule has 1 atom stereocenters. The van der Waals surface area contributed by atoms with Gasteiger partial charge in [-0.25, -0.2) is 0 Å². The highest BCUT2D eigenvalue weighted by Gasteiger charge is 2.17.